The van der Waals surface area contributed by atoms with Crippen LogP contribution >= 0.6 is 11.3 Å². The van der Waals surface area contributed by atoms with Crippen LogP contribution in [-0.4, -0.2) is 27.1 Å². The van der Waals surface area contributed by atoms with E-state index in [2.05, 4.69) is 4.98 Å². The summed E-state index contributed by atoms with van der Waals surface area (Å²) in [6.45, 7) is 0. The predicted octanol–water partition coefficient (Wildman–Crippen LogP) is 2.21. The van der Waals surface area contributed by atoms with E-state index in [-0.39, 0.29) is 16.1 Å². The van der Waals surface area contributed by atoms with Crippen LogP contribution in [0.4, 0.5) is 0 Å². The van der Waals surface area contributed by atoms with Gasteiger partial charge in [0.05, 0.1) is 11.3 Å². The molecule has 0 saturated heterocycles. The highest BCUT2D eigenvalue weighted by molar-refractivity contribution is 7.12. The molecule has 2 aromatic heterocycles. The van der Waals surface area contributed by atoms with Crippen LogP contribution in [0.2, 0.25) is 0 Å². The number of pyridine rings is 1. The number of nitrogens with zero attached hydrogens (tertiary/aromatic N) is 1. The summed E-state index contributed by atoms with van der Waals surface area (Å²) < 4.78 is 0. The Bertz CT molecular complexity index is 591. The summed E-state index contributed by atoms with van der Waals surface area (Å²) in [6.07, 6.45) is 1.47. The van der Waals surface area contributed by atoms with E-state index in [1.165, 1.54) is 24.4 Å². The second kappa shape index (κ2) is 4.34. The fourth-order valence-corrected chi connectivity index (χ4v) is 2.11. The smallest absolute Gasteiger partial charge is 0.345 e. The zero-order chi connectivity index (χ0) is 12.4. The lowest BCUT2D eigenvalue weighted by Gasteiger charge is -2.01. The van der Waals surface area contributed by atoms with Crippen molar-refractivity contribution in [2.75, 3.05) is 0 Å². The lowest BCUT2D eigenvalue weighted by Crippen LogP contribution is -2.00. The van der Waals surface area contributed by atoms with Gasteiger partial charge in [-0.15, -0.1) is 11.3 Å². The maximum atomic E-state index is 11.0. The van der Waals surface area contributed by atoms with Crippen LogP contribution in [0.3, 0.4) is 0 Å². The Morgan fingerprint density at radius 1 is 1.24 bits per heavy atom. The van der Waals surface area contributed by atoms with Crippen LogP contribution in [-0.2, 0) is 0 Å². The van der Waals surface area contributed by atoms with Crippen molar-refractivity contribution >= 4 is 23.3 Å². The lowest BCUT2D eigenvalue weighted by molar-refractivity contribution is 0.0689. The average molecular weight is 249 g/mol. The van der Waals surface area contributed by atoms with Crippen molar-refractivity contribution in [2.45, 2.75) is 0 Å². The molecular weight excluding hydrogens is 242 g/mol. The highest BCUT2D eigenvalue weighted by Gasteiger charge is 2.15. The fraction of sp³-hybridized carbons (Fsp3) is 0. The molecule has 2 heterocycles. The van der Waals surface area contributed by atoms with Gasteiger partial charge in [-0.1, -0.05) is 0 Å². The first-order valence-electron chi connectivity index (χ1n) is 4.60. The molecule has 5 nitrogen and oxygen atoms in total. The standard InChI is InChI=1S/C11H7NO4S/c13-10(14)7-2-1-3-12-9(7)6-4-8(11(15)16)17-5-6/h1-5H,(H,13,14)(H,15,16). The minimum atomic E-state index is -1.09. The Morgan fingerprint density at radius 3 is 2.59 bits per heavy atom. The Labute approximate surface area is 100.0 Å². The van der Waals surface area contributed by atoms with Crippen LogP contribution in [0.5, 0.6) is 0 Å². The van der Waals surface area contributed by atoms with Crippen molar-refractivity contribution in [3.63, 3.8) is 0 Å². The zero-order valence-corrected chi connectivity index (χ0v) is 9.27. The minimum absolute atomic E-state index is 0.0576. The molecule has 0 unspecified atom stereocenters. The number of carboxylic acids is 2. The summed E-state index contributed by atoms with van der Waals surface area (Å²) in [7, 11) is 0. The SMILES string of the molecule is O=C(O)c1cc(-c2ncccc2C(=O)O)cs1. The highest BCUT2D eigenvalue weighted by Crippen LogP contribution is 2.26. The molecule has 0 atom stereocenters. The number of hydrogen-bond acceptors (Lipinski definition) is 4. The van der Waals surface area contributed by atoms with Gasteiger partial charge in [0.25, 0.3) is 0 Å². The highest BCUT2D eigenvalue weighted by atomic mass is 32.1. The number of aromatic carboxylic acids is 2. The number of thiophene rings is 1. The van der Waals surface area contributed by atoms with Crippen LogP contribution in [0, 0.1) is 0 Å². The van der Waals surface area contributed by atoms with Crippen molar-refractivity contribution in [3.8, 4) is 11.3 Å². The van der Waals surface area contributed by atoms with E-state index in [0.717, 1.165) is 11.3 Å². The molecule has 0 fully saturated rings. The summed E-state index contributed by atoms with van der Waals surface area (Å²) in [6, 6.07) is 4.38. The van der Waals surface area contributed by atoms with Crippen molar-refractivity contribution < 1.29 is 19.8 Å². The molecular formula is C11H7NO4S. The summed E-state index contributed by atoms with van der Waals surface area (Å²) in [5.74, 6) is -2.12. The summed E-state index contributed by atoms with van der Waals surface area (Å²) in [4.78, 5) is 25.9. The van der Waals surface area contributed by atoms with Gasteiger partial charge in [0, 0.05) is 17.1 Å². The van der Waals surface area contributed by atoms with E-state index in [9.17, 15) is 9.59 Å². The number of rotatable bonds is 3. The lowest BCUT2D eigenvalue weighted by atomic mass is 10.1. The van der Waals surface area contributed by atoms with Gasteiger partial charge >= 0.3 is 11.9 Å². The molecule has 0 aliphatic carbocycles. The summed E-state index contributed by atoms with van der Waals surface area (Å²) >= 11 is 1.04. The third kappa shape index (κ3) is 2.16. The average Bonchev–Trinajstić information content (AvgIpc) is 2.78. The van der Waals surface area contributed by atoms with E-state index in [1.807, 2.05) is 0 Å². The van der Waals surface area contributed by atoms with Crippen molar-refractivity contribution in [2.24, 2.45) is 0 Å². The first-order valence-corrected chi connectivity index (χ1v) is 5.48. The second-order valence-electron chi connectivity index (χ2n) is 3.21. The Kier molecular flexibility index (Phi) is 2.88. The normalized spacial score (nSPS) is 10.1. The summed E-state index contributed by atoms with van der Waals surface area (Å²) in [5, 5.41) is 19.4. The number of carboxylic acid groups (broad SMARTS) is 2. The Balaban J connectivity index is 2.52. The van der Waals surface area contributed by atoms with Gasteiger partial charge in [-0.05, 0) is 18.2 Å². The zero-order valence-electron chi connectivity index (χ0n) is 8.45. The molecule has 6 heteroatoms. The molecule has 0 saturated carbocycles. The van der Waals surface area contributed by atoms with E-state index >= 15 is 0 Å². The molecule has 0 bridgehead atoms. The Morgan fingerprint density at radius 2 is 2.00 bits per heavy atom. The monoisotopic (exact) mass is 249 g/mol. The molecule has 2 aromatic rings. The fourth-order valence-electron chi connectivity index (χ4n) is 1.38. The molecule has 2 rings (SSSR count). The second-order valence-corrected chi connectivity index (χ2v) is 4.12. The van der Waals surface area contributed by atoms with Crippen LogP contribution in [0.25, 0.3) is 11.3 Å². The predicted molar refractivity (Wildman–Crippen MR) is 61.5 cm³/mol. The van der Waals surface area contributed by atoms with Gasteiger partial charge in [-0.2, -0.15) is 0 Å². The van der Waals surface area contributed by atoms with Gasteiger partial charge in [-0.3, -0.25) is 4.98 Å². The van der Waals surface area contributed by atoms with Crippen LogP contribution in [0.1, 0.15) is 20.0 Å². The third-order valence-electron chi connectivity index (χ3n) is 2.12. The maximum absolute atomic E-state index is 11.0. The van der Waals surface area contributed by atoms with Gasteiger partial charge in [0.15, 0.2) is 0 Å². The van der Waals surface area contributed by atoms with E-state index in [4.69, 9.17) is 10.2 Å². The quantitative estimate of drug-likeness (QED) is 0.870. The number of aromatic nitrogens is 1. The molecule has 0 radical (unpaired) electrons. The first kappa shape index (κ1) is 11.3. The molecule has 0 aliphatic rings. The van der Waals surface area contributed by atoms with E-state index < -0.39 is 11.9 Å². The Hall–Kier alpha value is -2.21. The molecule has 17 heavy (non-hydrogen) atoms. The van der Waals surface area contributed by atoms with Crippen LogP contribution in [0.15, 0.2) is 29.8 Å². The largest absolute Gasteiger partial charge is 0.478 e. The van der Waals surface area contributed by atoms with Crippen molar-refractivity contribution in [3.05, 3.63) is 40.2 Å². The minimum Gasteiger partial charge on any atom is -0.478 e. The topological polar surface area (TPSA) is 87.5 Å². The van der Waals surface area contributed by atoms with Crippen LogP contribution < -0.4 is 0 Å². The number of carbonyl (C=O) groups is 2. The van der Waals surface area contributed by atoms with Crippen molar-refractivity contribution in [1.82, 2.24) is 4.98 Å². The van der Waals surface area contributed by atoms with E-state index in [1.54, 1.807) is 5.38 Å². The van der Waals surface area contributed by atoms with Gasteiger partial charge in [0.1, 0.15) is 4.88 Å². The molecule has 0 amide bonds. The molecule has 0 aliphatic heterocycles. The first-order chi connectivity index (χ1) is 8.09. The molecule has 0 aromatic carbocycles. The van der Waals surface area contributed by atoms with Crippen molar-refractivity contribution in [1.29, 1.82) is 0 Å². The molecule has 2 N–H and O–H groups in total. The van der Waals surface area contributed by atoms with Gasteiger partial charge in [-0.25, -0.2) is 9.59 Å². The van der Waals surface area contributed by atoms with E-state index in [0.29, 0.717) is 5.56 Å². The van der Waals surface area contributed by atoms with Gasteiger partial charge < -0.3 is 10.2 Å². The van der Waals surface area contributed by atoms with Gasteiger partial charge in [0.2, 0.25) is 0 Å². The number of hydrogen-bond donors (Lipinski definition) is 2. The summed E-state index contributed by atoms with van der Waals surface area (Å²) in [5.41, 5.74) is 0.844. The molecule has 86 valence electrons. The maximum Gasteiger partial charge on any atom is 0.345 e. The third-order valence-corrected chi connectivity index (χ3v) is 3.04. The molecule has 0 spiro atoms.